The number of pyridine rings is 1. The van der Waals surface area contributed by atoms with Crippen molar-refractivity contribution in [1.29, 1.82) is 0 Å². The van der Waals surface area contributed by atoms with Crippen LogP contribution in [0.2, 0.25) is 0 Å². The van der Waals surface area contributed by atoms with Crippen molar-refractivity contribution in [3.05, 3.63) is 47.3 Å². The van der Waals surface area contributed by atoms with Crippen molar-refractivity contribution in [3.63, 3.8) is 0 Å². The molecule has 1 aliphatic rings. The second-order valence-corrected chi connectivity index (χ2v) is 7.98. The van der Waals surface area contributed by atoms with Crippen LogP contribution in [0.5, 0.6) is 11.5 Å². The predicted molar refractivity (Wildman–Crippen MR) is 110 cm³/mol. The lowest BCUT2D eigenvalue weighted by atomic mass is 10.0. The van der Waals surface area contributed by atoms with E-state index in [2.05, 4.69) is 38.1 Å². The highest BCUT2D eigenvalue weighted by molar-refractivity contribution is 6.05. The number of carbonyl (C=O) groups excluding carboxylic acids is 1. The van der Waals surface area contributed by atoms with E-state index in [1.54, 1.807) is 6.20 Å². The lowest BCUT2D eigenvalue weighted by Crippen LogP contribution is -2.27. The van der Waals surface area contributed by atoms with Gasteiger partial charge in [-0.25, -0.2) is 9.67 Å². The monoisotopic (exact) mass is 394 g/mol. The average molecular weight is 394 g/mol. The first-order valence-electron chi connectivity index (χ1n) is 9.93. The van der Waals surface area contributed by atoms with E-state index in [0.717, 1.165) is 28.0 Å². The summed E-state index contributed by atoms with van der Waals surface area (Å²) in [6.45, 7) is 10.4. The quantitative estimate of drug-likeness (QED) is 0.696. The maximum absolute atomic E-state index is 13.2. The Morgan fingerprint density at radius 1 is 1.10 bits per heavy atom. The van der Waals surface area contributed by atoms with Crippen molar-refractivity contribution in [2.24, 2.45) is 0 Å². The number of fused-ring (bicyclic) bond motifs is 2. The molecule has 0 saturated heterocycles. The lowest BCUT2D eigenvalue weighted by molar-refractivity contribution is 0.0941. The molecule has 1 aromatic carbocycles. The number of aromatic nitrogens is 3. The van der Waals surface area contributed by atoms with E-state index in [9.17, 15) is 4.79 Å². The molecular weight excluding hydrogens is 368 g/mol. The largest absolute Gasteiger partial charge is 0.454 e. The number of nitrogens with one attached hydrogen (secondary N) is 1. The van der Waals surface area contributed by atoms with E-state index in [1.165, 1.54) is 0 Å². The molecule has 0 bridgehead atoms. The molecule has 7 heteroatoms. The Kier molecular flexibility index (Phi) is 4.90. The summed E-state index contributed by atoms with van der Waals surface area (Å²) < 4.78 is 12.7. The van der Waals surface area contributed by atoms with Gasteiger partial charge in [-0.2, -0.15) is 5.10 Å². The summed E-state index contributed by atoms with van der Waals surface area (Å²) in [7, 11) is 0. The molecule has 0 fully saturated rings. The Labute approximate surface area is 170 Å². The van der Waals surface area contributed by atoms with Crippen LogP contribution >= 0.6 is 0 Å². The predicted octanol–water partition coefficient (Wildman–Crippen LogP) is 4.36. The van der Waals surface area contributed by atoms with E-state index in [-0.39, 0.29) is 30.7 Å². The van der Waals surface area contributed by atoms with Crippen molar-refractivity contribution in [1.82, 2.24) is 20.1 Å². The number of rotatable bonds is 5. The first kappa shape index (κ1) is 19.2. The minimum Gasteiger partial charge on any atom is -0.454 e. The van der Waals surface area contributed by atoms with Crippen LogP contribution in [0.3, 0.4) is 0 Å². The Balaban J connectivity index is 1.67. The fraction of sp³-hybridized carbons (Fsp3) is 0.409. The van der Waals surface area contributed by atoms with Gasteiger partial charge in [0.1, 0.15) is 0 Å². The van der Waals surface area contributed by atoms with E-state index < -0.39 is 0 Å². The van der Waals surface area contributed by atoms with Crippen molar-refractivity contribution in [3.8, 4) is 11.5 Å². The van der Waals surface area contributed by atoms with Crippen LogP contribution in [-0.2, 0) is 0 Å². The summed E-state index contributed by atoms with van der Waals surface area (Å²) in [6.07, 6.45) is 1.73. The van der Waals surface area contributed by atoms with Gasteiger partial charge >= 0.3 is 0 Å². The lowest BCUT2D eigenvalue weighted by Gasteiger charge is -2.16. The van der Waals surface area contributed by atoms with Crippen LogP contribution in [0.4, 0.5) is 0 Å². The van der Waals surface area contributed by atoms with Gasteiger partial charge in [-0.05, 0) is 50.5 Å². The molecule has 2 aromatic heterocycles. The van der Waals surface area contributed by atoms with Gasteiger partial charge in [0.2, 0.25) is 6.79 Å². The molecule has 1 amide bonds. The minimum absolute atomic E-state index is 0.146. The summed E-state index contributed by atoms with van der Waals surface area (Å²) >= 11 is 0. The standard InChI is InChI=1S/C22H26N4O3/c1-12(2)18-9-16(17-10-23-26(13(3)4)21(17)25-18)22(27)24-14(5)15-6-7-19-20(8-15)29-11-28-19/h6-10,12-14H,11H2,1-5H3,(H,24,27)/t14-/m0/s1. The molecule has 0 saturated carbocycles. The molecule has 7 nitrogen and oxygen atoms in total. The third-order valence-corrected chi connectivity index (χ3v) is 5.16. The summed E-state index contributed by atoms with van der Waals surface area (Å²) in [6, 6.07) is 7.56. The van der Waals surface area contributed by atoms with Crippen LogP contribution in [0.1, 0.15) is 74.2 Å². The zero-order valence-electron chi connectivity index (χ0n) is 17.4. The molecular formula is C22H26N4O3. The van der Waals surface area contributed by atoms with Crippen LogP contribution in [-0.4, -0.2) is 27.5 Å². The van der Waals surface area contributed by atoms with Gasteiger partial charge in [0.05, 0.1) is 23.2 Å². The van der Waals surface area contributed by atoms with Crippen molar-refractivity contribution >= 4 is 16.9 Å². The van der Waals surface area contributed by atoms with Crippen molar-refractivity contribution < 1.29 is 14.3 Å². The Morgan fingerprint density at radius 3 is 2.59 bits per heavy atom. The summed E-state index contributed by atoms with van der Waals surface area (Å²) in [5, 5.41) is 8.32. The second-order valence-electron chi connectivity index (χ2n) is 7.98. The molecule has 3 heterocycles. The van der Waals surface area contributed by atoms with Gasteiger partial charge in [0.15, 0.2) is 17.1 Å². The Morgan fingerprint density at radius 2 is 1.86 bits per heavy atom. The van der Waals surface area contributed by atoms with E-state index >= 15 is 0 Å². The maximum Gasteiger partial charge on any atom is 0.252 e. The maximum atomic E-state index is 13.2. The average Bonchev–Trinajstić information content (AvgIpc) is 3.32. The fourth-order valence-electron chi connectivity index (χ4n) is 3.44. The molecule has 0 unspecified atom stereocenters. The van der Waals surface area contributed by atoms with Crippen LogP contribution in [0.25, 0.3) is 11.0 Å². The summed E-state index contributed by atoms with van der Waals surface area (Å²) in [5.74, 6) is 1.49. The normalized spacial score (nSPS) is 14.0. The van der Waals surface area contributed by atoms with E-state index in [1.807, 2.05) is 35.9 Å². The van der Waals surface area contributed by atoms with Gasteiger partial charge in [-0.3, -0.25) is 4.79 Å². The highest BCUT2D eigenvalue weighted by atomic mass is 16.7. The van der Waals surface area contributed by atoms with E-state index in [0.29, 0.717) is 11.3 Å². The van der Waals surface area contributed by atoms with Gasteiger partial charge in [-0.15, -0.1) is 0 Å². The number of ether oxygens (including phenoxy) is 2. The second kappa shape index (κ2) is 7.39. The van der Waals surface area contributed by atoms with Crippen LogP contribution in [0.15, 0.2) is 30.5 Å². The molecule has 1 aliphatic heterocycles. The first-order chi connectivity index (χ1) is 13.8. The SMILES string of the molecule is CC(C)c1cc(C(=O)N[C@@H](C)c2ccc3c(c2)OCO3)c2cnn(C(C)C)c2n1. The van der Waals surface area contributed by atoms with Gasteiger partial charge in [-0.1, -0.05) is 19.9 Å². The summed E-state index contributed by atoms with van der Waals surface area (Å²) in [5.41, 5.74) is 3.17. The molecule has 0 spiro atoms. The minimum atomic E-state index is -0.192. The molecule has 4 rings (SSSR count). The van der Waals surface area contributed by atoms with Crippen molar-refractivity contribution in [2.75, 3.05) is 6.79 Å². The van der Waals surface area contributed by atoms with Gasteiger partial charge in [0.25, 0.3) is 5.91 Å². The third-order valence-electron chi connectivity index (χ3n) is 5.16. The number of hydrogen-bond acceptors (Lipinski definition) is 5. The number of carbonyl (C=O) groups is 1. The zero-order valence-corrected chi connectivity index (χ0v) is 17.4. The first-order valence-corrected chi connectivity index (χ1v) is 9.93. The molecule has 1 N–H and O–H groups in total. The Bertz CT molecular complexity index is 1070. The summed E-state index contributed by atoms with van der Waals surface area (Å²) in [4.78, 5) is 18.0. The van der Waals surface area contributed by atoms with Gasteiger partial charge < -0.3 is 14.8 Å². The smallest absolute Gasteiger partial charge is 0.252 e. The van der Waals surface area contributed by atoms with Crippen molar-refractivity contribution in [2.45, 2.75) is 52.6 Å². The van der Waals surface area contributed by atoms with Crippen LogP contribution < -0.4 is 14.8 Å². The topological polar surface area (TPSA) is 78.3 Å². The molecule has 3 aromatic rings. The number of benzene rings is 1. The number of hydrogen-bond donors (Lipinski definition) is 1. The molecule has 0 radical (unpaired) electrons. The molecule has 1 atom stereocenters. The molecule has 29 heavy (non-hydrogen) atoms. The number of nitrogens with zero attached hydrogens (tertiary/aromatic N) is 3. The highest BCUT2D eigenvalue weighted by Gasteiger charge is 2.21. The third kappa shape index (κ3) is 3.52. The molecule has 152 valence electrons. The van der Waals surface area contributed by atoms with Gasteiger partial charge in [0, 0.05) is 11.7 Å². The zero-order chi connectivity index (χ0) is 20.7. The molecule has 0 aliphatic carbocycles. The van der Waals surface area contributed by atoms with Crippen LogP contribution in [0, 0.1) is 0 Å². The fourth-order valence-corrected chi connectivity index (χ4v) is 3.44. The Hall–Kier alpha value is -3.09. The number of amides is 1. The highest BCUT2D eigenvalue weighted by Crippen LogP contribution is 2.34. The van der Waals surface area contributed by atoms with E-state index in [4.69, 9.17) is 14.5 Å².